The zero-order chi connectivity index (χ0) is 22.7. The number of nitrogens with one attached hydrogen (secondary N) is 2. The molecule has 32 heavy (non-hydrogen) atoms. The Hall–Kier alpha value is -3.84. The Labute approximate surface area is 190 Å². The molecule has 7 heteroatoms. The number of aryl methyl sites for hydroxylation is 3. The lowest BCUT2D eigenvalue weighted by Gasteiger charge is -2.12. The highest BCUT2D eigenvalue weighted by molar-refractivity contribution is 7.15. The molecule has 0 radical (unpaired) electrons. The average Bonchev–Trinajstić information content (AvgIpc) is 3.22. The number of nitrogens with zero attached hydrogens (tertiary/aromatic N) is 2. The molecule has 0 aliphatic heterocycles. The number of amides is 2. The predicted molar refractivity (Wildman–Crippen MR) is 128 cm³/mol. The van der Waals surface area contributed by atoms with E-state index >= 15 is 0 Å². The standard InChI is InChI=1S/C25H22N4O2S/c1-15-4-8-18(9-5-15)28-24(30)22-23(27-13-12-26-22)25(31)29-20-10-6-16(2)14-19(20)21-11-7-17(3)32-21/h4-14H,1-3H3,(H,28,30)(H,29,31). The summed E-state index contributed by atoms with van der Waals surface area (Å²) in [5.41, 5.74) is 4.28. The van der Waals surface area contributed by atoms with Gasteiger partial charge >= 0.3 is 0 Å². The Bertz CT molecular complexity index is 1300. The minimum Gasteiger partial charge on any atom is -0.321 e. The summed E-state index contributed by atoms with van der Waals surface area (Å²) < 4.78 is 0. The van der Waals surface area contributed by atoms with Gasteiger partial charge in [-0.3, -0.25) is 9.59 Å². The van der Waals surface area contributed by atoms with Crippen LogP contribution in [0.15, 0.2) is 67.0 Å². The SMILES string of the molecule is Cc1ccc(NC(=O)c2nccnc2C(=O)Nc2ccc(C)cc2-c2ccc(C)s2)cc1. The van der Waals surface area contributed by atoms with E-state index in [4.69, 9.17) is 0 Å². The number of thiophene rings is 1. The molecule has 0 bridgehead atoms. The van der Waals surface area contributed by atoms with E-state index in [0.29, 0.717) is 11.4 Å². The second-order valence-electron chi connectivity index (χ2n) is 7.49. The molecule has 0 spiro atoms. The third kappa shape index (κ3) is 4.73. The molecule has 2 aromatic carbocycles. The number of aromatic nitrogens is 2. The van der Waals surface area contributed by atoms with Gasteiger partial charge in [0.05, 0.1) is 0 Å². The maximum atomic E-state index is 13.1. The van der Waals surface area contributed by atoms with Crippen LogP contribution in [0.5, 0.6) is 0 Å². The Morgan fingerprint density at radius 2 is 1.38 bits per heavy atom. The monoisotopic (exact) mass is 442 g/mol. The lowest BCUT2D eigenvalue weighted by molar-refractivity contribution is 0.0983. The van der Waals surface area contributed by atoms with Crippen LogP contribution < -0.4 is 10.6 Å². The highest BCUT2D eigenvalue weighted by atomic mass is 32.1. The van der Waals surface area contributed by atoms with Crippen molar-refractivity contribution in [1.29, 1.82) is 0 Å². The summed E-state index contributed by atoms with van der Waals surface area (Å²) in [4.78, 5) is 36.4. The molecule has 0 saturated heterocycles. The van der Waals surface area contributed by atoms with Crippen LogP contribution in [-0.2, 0) is 0 Å². The van der Waals surface area contributed by atoms with Crippen LogP contribution in [0.3, 0.4) is 0 Å². The Morgan fingerprint density at radius 1 is 0.750 bits per heavy atom. The highest BCUT2D eigenvalue weighted by Gasteiger charge is 2.21. The van der Waals surface area contributed by atoms with Crippen molar-refractivity contribution in [3.8, 4) is 10.4 Å². The quantitative estimate of drug-likeness (QED) is 0.419. The number of carbonyl (C=O) groups is 2. The average molecular weight is 443 g/mol. The molecule has 0 aliphatic carbocycles. The fourth-order valence-electron chi connectivity index (χ4n) is 3.23. The molecule has 4 aromatic rings. The number of anilines is 2. The van der Waals surface area contributed by atoms with Crippen molar-refractivity contribution in [2.45, 2.75) is 20.8 Å². The third-order valence-electron chi connectivity index (χ3n) is 4.87. The molecule has 4 rings (SSSR count). The Kier molecular flexibility index (Phi) is 6.09. The molecule has 2 amide bonds. The number of hydrogen-bond acceptors (Lipinski definition) is 5. The number of hydrogen-bond donors (Lipinski definition) is 2. The predicted octanol–water partition coefficient (Wildman–Crippen LogP) is 5.63. The van der Waals surface area contributed by atoms with Gasteiger partial charge in [0.15, 0.2) is 11.4 Å². The molecule has 0 unspecified atom stereocenters. The number of benzene rings is 2. The van der Waals surface area contributed by atoms with Crippen molar-refractivity contribution in [2.24, 2.45) is 0 Å². The molecule has 2 aromatic heterocycles. The molecular weight excluding hydrogens is 420 g/mol. The fourth-order valence-corrected chi connectivity index (χ4v) is 4.13. The number of carbonyl (C=O) groups excluding carboxylic acids is 2. The molecule has 6 nitrogen and oxygen atoms in total. The first-order valence-electron chi connectivity index (χ1n) is 10.1. The van der Waals surface area contributed by atoms with Crippen LogP contribution in [0.2, 0.25) is 0 Å². The summed E-state index contributed by atoms with van der Waals surface area (Å²) in [6, 6.07) is 17.3. The normalized spacial score (nSPS) is 10.6. The number of rotatable bonds is 5. The molecule has 0 fully saturated rings. The second-order valence-corrected chi connectivity index (χ2v) is 8.78. The van der Waals surface area contributed by atoms with E-state index in [1.165, 1.54) is 17.3 Å². The smallest absolute Gasteiger partial charge is 0.276 e. The van der Waals surface area contributed by atoms with E-state index in [1.54, 1.807) is 23.5 Å². The molecule has 0 aliphatic rings. The molecule has 2 heterocycles. The van der Waals surface area contributed by atoms with Crippen molar-refractivity contribution in [1.82, 2.24) is 9.97 Å². The van der Waals surface area contributed by atoms with Crippen LogP contribution in [0.25, 0.3) is 10.4 Å². The molecule has 0 atom stereocenters. The topological polar surface area (TPSA) is 84.0 Å². The van der Waals surface area contributed by atoms with Crippen LogP contribution in [-0.4, -0.2) is 21.8 Å². The first-order chi connectivity index (χ1) is 15.4. The largest absolute Gasteiger partial charge is 0.321 e. The fraction of sp³-hybridized carbons (Fsp3) is 0.120. The van der Waals surface area contributed by atoms with E-state index in [0.717, 1.165) is 21.6 Å². The second kappa shape index (κ2) is 9.11. The Balaban J connectivity index is 1.61. The van der Waals surface area contributed by atoms with Crippen molar-refractivity contribution in [3.63, 3.8) is 0 Å². The van der Waals surface area contributed by atoms with Gasteiger partial charge in [-0.1, -0.05) is 29.3 Å². The van der Waals surface area contributed by atoms with Gasteiger partial charge in [-0.05, 0) is 57.2 Å². The molecule has 0 saturated carbocycles. The minimum atomic E-state index is -0.495. The third-order valence-corrected chi connectivity index (χ3v) is 5.90. The van der Waals surface area contributed by atoms with E-state index in [2.05, 4.69) is 20.6 Å². The molecular formula is C25H22N4O2S. The van der Waals surface area contributed by atoms with Crippen LogP contribution >= 0.6 is 11.3 Å². The van der Waals surface area contributed by atoms with Crippen LogP contribution in [0, 0.1) is 20.8 Å². The summed E-state index contributed by atoms with van der Waals surface area (Å²) in [5, 5.41) is 5.69. The zero-order valence-corrected chi connectivity index (χ0v) is 18.8. The van der Waals surface area contributed by atoms with Gasteiger partial charge < -0.3 is 10.6 Å². The van der Waals surface area contributed by atoms with Gasteiger partial charge in [0.1, 0.15) is 0 Å². The summed E-state index contributed by atoms with van der Waals surface area (Å²) in [6.45, 7) is 6.01. The summed E-state index contributed by atoms with van der Waals surface area (Å²) in [6.07, 6.45) is 2.79. The lowest BCUT2D eigenvalue weighted by Crippen LogP contribution is -2.23. The maximum absolute atomic E-state index is 13.1. The first-order valence-corrected chi connectivity index (χ1v) is 10.9. The van der Waals surface area contributed by atoms with Crippen molar-refractivity contribution in [2.75, 3.05) is 10.6 Å². The highest BCUT2D eigenvalue weighted by Crippen LogP contribution is 2.34. The van der Waals surface area contributed by atoms with E-state index in [9.17, 15) is 9.59 Å². The van der Waals surface area contributed by atoms with E-state index < -0.39 is 11.8 Å². The van der Waals surface area contributed by atoms with Gasteiger partial charge in [0.2, 0.25) is 0 Å². The van der Waals surface area contributed by atoms with Gasteiger partial charge in [-0.2, -0.15) is 0 Å². The lowest BCUT2D eigenvalue weighted by atomic mass is 10.1. The van der Waals surface area contributed by atoms with Gasteiger partial charge in [0, 0.05) is 39.1 Å². The summed E-state index contributed by atoms with van der Waals surface area (Å²) >= 11 is 1.65. The zero-order valence-electron chi connectivity index (χ0n) is 18.0. The van der Waals surface area contributed by atoms with Crippen molar-refractivity contribution >= 4 is 34.5 Å². The molecule has 160 valence electrons. The Morgan fingerprint density at radius 3 is 2.00 bits per heavy atom. The minimum absolute atomic E-state index is 0.0359. The molecule has 2 N–H and O–H groups in total. The van der Waals surface area contributed by atoms with Gasteiger partial charge in [0.25, 0.3) is 11.8 Å². The first kappa shape index (κ1) is 21.4. The maximum Gasteiger partial charge on any atom is 0.276 e. The summed E-state index contributed by atoms with van der Waals surface area (Å²) in [7, 11) is 0. The van der Waals surface area contributed by atoms with E-state index in [-0.39, 0.29) is 11.4 Å². The van der Waals surface area contributed by atoms with Crippen molar-refractivity contribution in [3.05, 3.63) is 94.4 Å². The van der Waals surface area contributed by atoms with Crippen molar-refractivity contribution < 1.29 is 9.59 Å². The van der Waals surface area contributed by atoms with Crippen LogP contribution in [0.1, 0.15) is 37.0 Å². The van der Waals surface area contributed by atoms with E-state index in [1.807, 2.05) is 63.2 Å². The summed E-state index contributed by atoms with van der Waals surface area (Å²) in [5.74, 6) is -0.990. The van der Waals surface area contributed by atoms with Gasteiger partial charge in [-0.25, -0.2) is 9.97 Å². The van der Waals surface area contributed by atoms with Crippen LogP contribution in [0.4, 0.5) is 11.4 Å². The van der Waals surface area contributed by atoms with Gasteiger partial charge in [-0.15, -0.1) is 11.3 Å².